The lowest BCUT2D eigenvalue weighted by atomic mass is 10.0. The van der Waals surface area contributed by atoms with Crippen LogP contribution in [0.5, 0.6) is 0 Å². The first kappa shape index (κ1) is 12.9. The third kappa shape index (κ3) is 5.50. The van der Waals surface area contributed by atoms with E-state index in [1.807, 2.05) is 0 Å². The molecule has 0 spiro atoms. The summed E-state index contributed by atoms with van der Waals surface area (Å²) in [4.78, 5) is 0. The zero-order valence-corrected chi connectivity index (χ0v) is 10.6. The topological polar surface area (TPSA) is 30.5 Å². The fourth-order valence-electron chi connectivity index (χ4n) is 1.76. The molecular weight excluding hydrogens is 190 g/mol. The van der Waals surface area contributed by atoms with Crippen LogP contribution in [0.1, 0.15) is 40.5 Å². The van der Waals surface area contributed by atoms with Crippen molar-refractivity contribution in [3.63, 3.8) is 0 Å². The second-order valence-electron chi connectivity index (χ2n) is 5.54. The second-order valence-corrected chi connectivity index (χ2v) is 5.54. The highest BCUT2D eigenvalue weighted by Crippen LogP contribution is 2.23. The van der Waals surface area contributed by atoms with Gasteiger partial charge in [0.1, 0.15) is 0 Å². The van der Waals surface area contributed by atoms with E-state index < -0.39 is 0 Å². The van der Waals surface area contributed by atoms with Crippen LogP contribution in [0.3, 0.4) is 0 Å². The molecule has 0 bridgehead atoms. The Morgan fingerprint density at radius 1 is 1.40 bits per heavy atom. The first-order chi connectivity index (χ1) is 6.91. The molecule has 3 heteroatoms. The van der Waals surface area contributed by atoms with Crippen molar-refractivity contribution in [1.82, 2.24) is 5.32 Å². The monoisotopic (exact) mass is 215 g/mol. The third-order valence-corrected chi connectivity index (χ3v) is 2.61. The van der Waals surface area contributed by atoms with Crippen LogP contribution < -0.4 is 5.32 Å². The molecule has 0 amide bonds. The maximum atomic E-state index is 5.68. The minimum Gasteiger partial charge on any atom is -0.375 e. The van der Waals surface area contributed by atoms with Crippen molar-refractivity contribution in [1.29, 1.82) is 0 Å². The van der Waals surface area contributed by atoms with Crippen molar-refractivity contribution in [3.05, 3.63) is 0 Å². The summed E-state index contributed by atoms with van der Waals surface area (Å²) in [7, 11) is 0. The Bertz CT molecular complexity index is 181. The van der Waals surface area contributed by atoms with Crippen molar-refractivity contribution in [2.75, 3.05) is 26.3 Å². The average Bonchev–Trinajstić information content (AvgIpc) is 2.50. The number of hydrogen-bond acceptors (Lipinski definition) is 3. The zero-order valence-electron chi connectivity index (χ0n) is 10.6. The molecule has 1 heterocycles. The van der Waals surface area contributed by atoms with Crippen molar-refractivity contribution >= 4 is 0 Å². The van der Waals surface area contributed by atoms with E-state index in [2.05, 4.69) is 33.0 Å². The minimum atomic E-state index is -0.0323. The Morgan fingerprint density at radius 2 is 2.13 bits per heavy atom. The molecule has 0 aliphatic carbocycles. The van der Waals surface area contributed by atoms with Crippen molar-refractivity contribution < 1.29 is 9.47 Å². The Labute approximate surface area is 93.5 Å². The van der Waals surface area contributed by atoms with Gasteiger partial charge in [-0.25, -0.2) is 0 Å². The fraction of sp³-hybridized carbons (Fsp3) is 1.00. The van der Waals surface area contributed by atoms with Crippen LogP contribution in [-0.4, -0.2) is 37.5 Å². The molecule has 1 aliphatic heterocycles. The number of ether oxygens (including phenoxy) is 2. The van der Waals surface area contributed by atoms with Gasteiger partial charge in [0.15, 0.2) is 0 Å². The average molecular weight is 215 g/mol. The van der Waals surface area contributed by atoms with E-state index in [1.165, 1.54) is 12.8 Å². The second kappa shape index (κ2) is 5.28. The number of hydrogen-bond donors (Lipinski definition) is 1. The van der Waals surface area contributed by atoms with Crippen molar-refractivity contribution in [2.45, 2.75) is 51.7 Å². The molecule has 0 aromatic rings. The van der Waals surface area contributed by atoms with E-state index in [4.69, 9.17) is 9.47 Å². The van der Waals surface area contributed by atoms with Crippen LogP contribution in [0.15, 0.2) is 0 Å². The van der Waals surface area contributed by atoms with Crippen LogP contribution in [-0.2, 0) is 9.47 Å². The first-order valence-electron chi connectivity index (χ1n) is 5.90. The molecule has 0 saturated carbocycles. The third-order valence-electron chi connectivity index (χ3n) is 2.61. The predicted octanol–water partition coefficient (Wildman–Crippen LogP) is 1.96. The molecule has 1 rings (SSSR count). The van der Waals surface area contributed by atoms with Gasteiger partial charge in [0.25, 0.3) is 0 Å². The van der Waals surface area contributed by atoms with Gasteiger partial charge in [0, 0.05) is 19.7 Å². The Balaban J connectivity index is 2.02. The molecule has 1 saturated heterocycles. The maximum Gasteiger partial charge on any atom is 0.0779 e. The molecule has 3 nitrogen and oxygen atoms in total. The standard InChI is InChI=1S/C12H25NO2/c1-11(2,3)14-9-7-13-10-12(4)6-5-8-15-12/h13H,5-10H2,1-4H3. The quantitative estimate of drug-likeness (QED) is 0.711. The van der Waals surface area contributed by atoms with Gasteiger partial charge < -0.3 is 14.8 Å². The van der Waals surface area contributed by atoms with Gasteiger partial charge in [0.2, 0.25) is 0 Å². The van der Waals surface area contributed by atoms with Crippen LogP contribution >= 0.6 is 0 Å². The highest BCUT2D eigenvalue weighted by Gasteiger charge is 2.28. The van der Waals surface area contributed by atoms with E-state index >= 15 is 0 Å². The van der Waals surface area contributed by atoms with Crippen LogP contribution in [0.25, 0.3) is 0 Å². The molecule has 1 atom stereocenters. The molecule has 0 aromatic carbocycles. The summed E-state index contributed by atoms with van der Waals surface area (Å²) in [6.07, 6.45) is 2.36. The Kier molecular flexibility index (Phi) is 4.56. The number of nitrogens with one attached hydrogen (secondary N) is 1. The lowest BCUT2D eigenvalue weighted by Gasteiger charge is -2.24. The van der Waals surface area contributed by atoms with Crippen LogP contribution in [0, 0.1) is 0 Å². The summed E-state index contributed by atoms with van der Waals surface area (Å²) in [5.74, 6) is 0. The van der Waals surface area contributed by atoms with Crippen LogP contribution in [0.4, 0.5) is 0 Å². The predicted molar refractivity (Wildman–Crippen MR) is 62.2 cm³/mol. The summed E-state index contributed by atoms with van der Waals surface area (Å²) in [5, 5.41) is 3.39. The van der Waals surface area contributed by atoms with Gasteiger partial charge in [-0.3, -0.25) is 0 Å². The molecule has 0 radical (unpaired) electrons. The lowest BCUT2D eigenvalue weighted by molar-refractivity contribution is -0.00711. The van der Waals surface area contributed by atoms with Gasteiger partial charge >= 0.3 is 0 Å². The summed E-state index contributed by atoms with van der Waals surface area (Å²) in [6, 6.07) is 0. The summed E-state index contributed by atoms with van der Waals surface area (Å²) < 4.78 is 11.3. The Morgan fingerprint density at radius 3 is 2.67 bits per heavy atom. The summed E-state index contributed by atoms with van der Waals surface area (Å²) >= 11 is 0. The van der Waals surface area contributed by atoms with E-state index in [0.29, 0.717) is 0 Å². The van der Waals surface area contributed by atoms with E-state index in [0.717, 1.165) is 26.3 Å². The highest BCUT2D eigenvalue weighted by atomic mass is 16.5. The van der Waals surface area contributed by atoms with Gasteiger partial charge in [-0.2, -0.15) is 0 Å². The summed E-state index contributed by atoms with van der Waals surface area (Å²) in [6.45, 7) is 11.9. The van der Waals surface area contributed by atoms with Crippen molar-refractivity contribution in [2.24, 2.45) is 0 Å². The first-order valence-corrected chi connectivity index (χ1v) is 5.90. The lowest BCUT2D eigenvalue weighted by Crippen LogP contribution is -2.39. The smallest absolute Gasteiger partial charge is 0.0779 e. The van der Waals surface area contributed by atoms with E-state index in [1.54, 1.807) is 0 Å². The normalized spacial score (nSPS) is 27.2. The molecule has 90 valence electrons. The fourth-order valence-corrected chi connectivity index (χ4v) is 1.76. The molecule has 0 aromatic heterocycles. The number of rotatable bonds is 5. The molecule has 15 heavy (non-hydrogen) atoms. The van der Waals surface area contributed by atoms with Gasteiger partial charge in [-0.15, -0.1) is 0 Å². The van der Waals surface area contributed by atoms with Crippen molar-refractivity contribution in [3.8, 4) is 0 Å². The highest BCUT2D eigenvalue weighted by molar-refractivity contribution is 4.82. The minimum absolute atomic E-state index is 0.0323. The summed E-state index contributed by atoms with van der Waals surface area (Å²) in [5.41, 5.74) is 0.0250. The van der Waals surface area contributed by atoms with Gasteiger partial charge in [-0.05, 0) is 40.5 Å². The largest absolute Gasteiger partial charge is 0.375 e. The molecule has 1 N–H and O–H groups in total. The molecule has 1 unspecified atom stereocenters. The van der Waals surface area contributed by atoms with E-state index in [-0.39, 0.29) is 11.2 Å². The maximum absolute atomic E-state index is 5.68. The van der Waals surface area contributed by atoms with Gasteiger partial charge in [-0.1, -0.05) is 0 Å². The molecule has 1 aliphatic rings. The molecular formula is C12H25NO2. The van der Waals surface area contributed by atoms with Crippen LogP contribution in [0.2, 0.25) is 0 Å². The molecule has 1 fully saturated rings. The SMILES string of the molecule is CC(C)(C)OCCNCC1(C)CCCO1. The van der Waals surface area contributed by atoms with Gasteiger partial charge in [0.05, 0.1) is 17.8 Å². The Hall–Kier alpha value is -0.120. The van der Waals surface area contributed by atoms with E-state index in [9.17, 15) is 0 Å². The zero-order chi connectivity index (χ0) is 11.4.